The predicted octanol–water partition coefficient (Wildman–Crippen LogP) is 2.82. The van der Waals surface area contributed by atoms with Crippen LogP contribution in [0.5, 0.6) is 0 Å². The van der Waals surface area contributed by atoms with E-state index in [0.29, 0.717) is 6.04 Å². The maximum absolute atomic E-state index is 4.50. The van der Waals surface area contributed by atoms with Crippen LogP contribution in [0.1, 0.15) is 30.5 Å². The molecular formula is C18H24N4. The van der Waals surface area contributed by atoms with E-state index >= 15 is 0 Å². The highest BCUT2D eigenvalue weighted by molar-refractivity contribution is 5.43. The number of nitrogens with zero attached hydrogens (tertiary/aromatic N) is 2. The van der Waals surface area contributed by atoms with Crippen LogP contribution in [0.2, 0.25) is 0 Å². The largest absolute Gasteiger partial charge is 0.369 e. The van der Waals surface area contributed by atoms with Crippen LogP contribution >= 0.6 is 0 Å². The normalized spacial score (nSPS) is 17.5. The minimum atomic E-state index is 0.682. The minimum absolute atomic E-state index is 0.682. The monoisotopic (exact) mass is 296 g/mol. The van der Waals surface area contributed by atoms with Crippen molar-refractivity contribution in [2.45, 2.75) is 38.1 Å². The Bertz CT molecular complexity index is 564. The molecule has 1 atom stereocenters. The lowest BCUT2D eigenvalue weighted by Gasteiger charge is -2.13. The lowest BCUT2D eigenvalue weighted by atomic mass is 10.0. The van der Waals surface area contributed by atoms with Gasteiger partial charge in [0, 0.05) is 37.1 Å². The highest BCUT2D eigenvalue weighted by atomic mass is 15.0. The van der Waals surface area contributed by atoms with Crippen molar-refractivity contribution in [3.8, 4) is 0 Å². The Labute approximate surface area is 132 Å². The second-order valence-electron chi connectivity index (χ2n) is 5.84. The van der Waals surface area contributed by atoms with Gasteiger partial charge in [-0.15, -0.1) is 0 Å². The summed E-state index contributed by atoms with van der Waals surface area (Å²) in [6, 6.07) is 10.9. The highest BCUT2D eigenvalue weighted by Gasteiger charge is 2.14. The molecule has 0 aliphatic carbocycles. The Morgan fingerprint density at radius 2 is 2.05 bits per heavy atom. The molecule has 2 aromatic heterocycles. The van der Waals surface area contributed by atoms with Crippen LogP contribution in [0.4, 0.5) is 5.82 Å². The predicted molar refractivity (Wildman–Crippen MR) is 90.0 cm³/mol. The summed E-state index contributed by atoms with van der Waals surface area (Å²) in [4.78, 5) is 8.86. The first-order valence-corrected chi connectivity index (χ1v) is 8.23. The quantitative estimate of drug-likeness (QED) is 0.825. The average molecular weight is 296 g/mol. The Balaban J connectivity index is 1.51. The van der Waals surface area contributed by atoms with Gasteiger partial charge in [-0.3, -0.25) is 4.98 Å². The van der Waals surface area contributed by atoms with E-state index in [1.165, 1.54) is 31.4 Å². The van der Waals surface area contributed by atoms with E-state index < -0.39 is 0 Å². The van der Waals surface area contributed by atoms with E-state index in [1.54, 1.807) is 0 Å². The molecule has 0 unspecified atom stereocenters. The van der Waals surface area contributed by atoms with Gasteiger partial charge in [0.05, 0.1) is 0 Å². The van der Waals surface area contributed by atoms with Gasteiger partial charge in [-0.2, -0.15) is 0 Å². The topological polar surface area (TPSA) is 49.8 Å². The van der Waals surface area contributed by atoms with E-state index in [9.17, 15) is 0 Å². The second kappa shape index (κ2) is 7.90. The van der Waals surface area contributed by atoms with Crippen molar-refractivity contribution < 1.29 is 0 Å². The molecule has 0 saturated carbocycles. The van der Waals surface area contributed by atoms with Crippen molar-refractivity contribution in [1.29, 1.82) is 0 Å². The fraction of sp³-hybridized carbons (Fsp3) is 0.444. The summed E-state index contributed by atoms with van der Waals surface area (Å²) in [5.41, 5.74) is 2.43. The zero-order valence-electron chi connectivity index (χ0n) is 13.0. The van der Waals surface area contributed by atoms with Crippen LogP contribution in [0.15, 0.2) is 42.7 Å². The summed E-state index contributed by atoms with van der Waals surface area (Å²) in [5.74, 6) is 1.02. The van der Waals surface area contributed by atoms with Gasteiger partial charge in [0.1, 0.15) is 5.82 Å². The van der Waals surface area contributed by atoms with Crippen molar-refractivity contribution in [2.24, 2.45) is 0 Å². The number of anilines is 1. The number of rotatable bonds is 7. The number of nitrogens with one attached hydrogen (secondary N) is 2. The molecule has 22 heavy (non-hydrogen) atoms. The minimum Gasteiger partial charge on any atom is -0.369 e. The van der Waals surface area contributed by atoms with Gasteiger partial charge in [0.15, 0.2) is 0 Å². The van der Waals surface area contributed by atoms with Gasteiger partial charge in [0.25, 0.3) is 0 Å². The summed E-state index contributed by atoms with van der Waals surface area (Å²) in [7, 11) is 0. The third-order valence-electron chi connectivity index (χ3n) is 4.22. The molecule has 0 spiro atoms. The molecule has 0 radical (unpaired) electrons. The standard InChI is InChI=1S/C18H24N4/c1-2-11-19-17(6-1)10-14-22-18-15(5-3-13-21-18)8-9-16-7-4-12-20-16/h1-3,5-6,11,13,16,20H,4,7-10,12,14H2,(H,21,22)/t16-/m0/s1. The van der Waals surface area contributed by atoms with Gasteiger partial charge in [-0.25, -0.2) is 4.98 Å². The van der Waals surface area contributed by atoms with Gasteiger partial charge >= 0.3 is 0 Å². The first kappa shape index (κ1) is 15.0. The van der Waals surface area contributed by atoms with Gasteiger partial charge < -0.3 is 10.6 Å². The van der Waals surface area contributed by atoms with Crippen molar-refractivity contribution in [2.75, 3.05) is 18.4 Å². The molecule has 2 aromatic rings. The van der Waals surface area contributed by atoms with Gasteiger partial charge in [-0.1, -0.05) is 12.1 Å². The second-order valence-corrected chi connectivity index (χ2v) is 5.84. The van der Waals surface area contributed by atoms with Crippen LogP contribution in [0, 0.1) is 0 Å². The van der Waals surface area contributed by atoms with Crippen molar-refractivity contribution in [3.63, 3.8) is 0 Å². The molecule has 3 heterocycles. The fourth-order valence-electron chi connectivity index (χ4n) is 2.99. The summed E-state index contributed by atoms with van der Waals surface area (Å²) in [5, 5.41) is 7.03. The van der Waals surface area contributed by atoms with E-state index in [1.807, 2.05) is 30.6 Å². The molecule has 4 nitrogen and oxygen atoms in total. The maximum Gasteiger partial charge on any atom is 0.129 e. The summed E-state index contributed by atoms with van der Waals surface area (Å²) >= 11 is 0. The van der Waals surface area contributed by atoms with Crippen LogP contribution < -0.4 is 10.6 Å². The first-order valence-electron chi connectivity index (χ1n) is 8.23. The molecule has 0 bridgehead atoms. The molecule has 4 heteroatoms. The molecule has 1 aliphatic rings. The molecule has 3 rings (SSSR count). The maximum atomic E-state index is 4.50. The van der Waals surface area contributed by atoms with E-state index in [4.69, 9.17) is 0 Å². The van der Waals surface area contributed by atoms with Crippen LogP contribution in [-0.4, -0.2) is 29.1 Å². The van der Waals surface area contributed by atoms with E-state index in [-0.39, 0.29) is 0 Å². The van der Waals surface area contributed by atoms with Gasteiger partial charge in [-0.05, 0) is 56.0 Å². The summed E-state index contributed by atoms with van der Waals surface area (Å²) in [6.45, 7) is 2.04. The van der Waals surface area contributed by atoms with Crippen LogP contribution in [-0.2, 0) is 12.8 Å². The van der Waals surface area contributed by atoms with Crippen LogP contribution in [0.3, 0.4) is 0 Å². The Morgan fingerprint density at radius 3 is 2.86 bits per heavy atom. The first-order chi connectivity index (χ1) is 10.9. The van der Waals surface area contributed by atoms with Crippen LogP contribution in [0.25, 0.3) is 0 Å². The van der Waals surface area contributed by atoms with E-state index in [2.05, 4.69) is 32.7 Å². The molecule has 2 N–H and O–H groups in total. The molecule has 0 aromatic carbocycles. The molecule has 116 valence electrons. The average Bonchev–Trinajstić information content (AvgIpc) is 3.08. The number of pyridine rings is 2. The molecule has 1 saturated heterocycles. The van der Waals surface area contributed by atoms with Crippen molar-refractivity contribution in [1.82, 2.24) is 15.3 Å². The molecular weight excluding hydrogens is 272 g/mol. The summed E-state index contributed by atoms with van der Waals surface area (Å²) in [6.07, 6.45) is 9.52. The highest BCUT2D eigenvalue weighted by Crippen LogP contribution is 2.17. The SMILES string of the molecule is c1ccc(CCNc2ncccc2CC[C@@H]2CCCN2)nc1. The third kappa shape index (κ3) is 4.28. The number of hydrogen-bond acceptors (Lipinski definition) is 4. The molecule has 1 aliphatic heterocycles. The number of aromatic nitrogens is 2. The van der Waals surface area contributed by atoms with E-state index in [0.717, 1.165) is 30.9 Å². The lowest BCUT2D eigenvalue weighted by molar-refractivity contribution is 0.559. The Morgan fingerprint density at radius 1 is 1.09 bits per heavy atom. The van der Waals surface area contributed by atoms with Crippen molar-refractivity contribution >= 4 is 5.82 Å². The third-order valence-corrected chi connectivity index (χ3v) is 4.22. The number of hydrogen-bond donors (Lipinski definition) is 2. The molecule has 0 amide bonds. The van der Waals surface area contributed by atoms with Gasteiger partial charge in [0.2, 0.25) is 0 Å². The summed E-state index contributed by atoms with van der Waals surface area (Å²) < 4.78 is 0. The molecule has 1 fully saturated rings. The Hall–Kier alpha value is -1.94. The lowest BCUT2D eigenvalue weighted by Crippen LogP contribution is -2.22. The fourth-order valence-corrected chi connectivity index (χ4v) is 2.99. The zero-order valence-corrected chi connectivity index (χ0v) is 13.0. The smallest absolute Gasteiger partial charge is 0.129 e. The zero-order chi connectivity index (χ0) is 15.0. The number of aryl methyl sites for hydroxylation is 1. The van der Waals surface area contributed by atoms with Crippen molar-refractivity contribution in [3.05, 3.63) is 54.0 Å². The Kier molecular flexibility index (Phi) is 5.37.